The van der Waals surface area contributed by atoms with Crippen molar-refractivity contribution in [3.05, 3.63) is 48.6 Å². The van der Waals surface area contributed by atoms with Gasteiger partial charge in [-0.25, -0.2) is 4.79 Å². The normalized spacial score (nSPS) is 19.0. The molecular formula is C57H98O12. The largest absolute Gasteiger partial charge is 0.479 e. The lowest BCUT2D eigenvalue weighted by molar-refractivity contribution is -0.301. The maximum absolute atomic E-state index is 13.0. The molecule has 0 aliphatic carbocycles. The van der Waals surface area contributed by atoms with E-state index in [0.29, 0.717) is 19.3 Å². The van der Waals surface area contributed by atoms with Gasteiger partial charge < -0.3 is 39.0 Å². The third kappa shape index (κ3) is 36.3. The van der Waals surface area contributed by atoms with Crippen LogP contribution in [0, 0.1) is 0 Å². The summed E-state index contributed by atoms with van der Waals surface area (Å²) in [6.07, 6.45) is 41.0. The van der Waals surface area contributed by atoms with Crippen LogP contribution in [0.15, 0.2) is 48.6 Å². The molecule has 398 valence electrons. The highest BCUT2D eigenvalue weighted by molar-refractivity contribution is 5.74. The van der Waals surface area contributed by atoms with E-state index in [2.05, 4.69) is 69.4 Å². The molecule has 6 atom stereocenters. The molecule has 0 radical (unpaired) electrons. The molecule has 1 aliphatic heterocycles. The summed E-state index contributed by atoms with van der Waals surface area (Å²) in [5, 5.41) is 31.4. The molecule has 69 heavy (non-hydrogen) atoms. The number of allylic oxidation sites excluding steroid dienone is 8. The fraction of sp³-hybridized carbons (Fsp3) is 0.789. The number of aliphatic carboxylic acids is 1. The lowest BCUT2D eigenvalue weighted by atomic mass is 9.98. The quantitative estimate of drug-likeness (QED) is 0.0228. The number of carbonyl (C=O) groups is 4. The molecule has 1 aliphatic rings. The molecule has 0 bridgehead atoms. The second kappa shape index (κ2) is 45.8. The lowest BCUT2D eigenvalue weighted by Crippen LogP contribution is -2.61. The highest BCUT2D eigenvalue weighted by Gasteiger charge is 2.50. The number of hydrogen-bond acceptors (Lipinski definition) is 11. The van der Waals surface area contributed by atoms with Gasteiger partial charge in [-0.05, 0) is 57.8 Å². The van der Waals surface area contributed by atoms with Crippen LogP contribution in [0.25, 0.3) is 0 Å². The van der Waals surface area contributed by atoms with Crippen molar-refractivity contribution in [2.45, 2.75) is 276 Å². The molecule has 0 amide bonds. The number of unbranched alkanes of at least 4 members (excludes halogenated alkanes) is 24. The number of ether oxygens (including phenoxy) is 5. The molecule has 12 heteroatoms. The number of aliphatic hydroxyl groups excluding tert-OH is 2. The molecule has 0 saturated carbocycles. The van der Waals surface area contributed by atoms with Crippen molar-refractivity contribution < 1.29 is 58.2 Å². The smallest absolute Gasteiger partial charge is 0.335 e. The topological polar surface area (TPSA) is 175 Å². The van der Waals surface area contributed by atoms with E-state index in [1.807, 2.05) is 0 Å². The zero-order chi connectivity index (χ0) is 50.4. The molecule has 0 aromatic rings. The Morgan fingerprint density at radius 2 is 0.913 bits per heavy atom. The number of carboxylic acid groups (broad SMARTS) is 1. The first-order valence-corrected chi connectivity index (χ1v) is 27.6. The minimum atomic E-state index is -1.90. The average Bonchev–Trinajstić information content (AvgIpc) is 3.33. The van der Waals surface area contributed by atoms with Gasteiger partial charge in [0.1, 0.15) is 18.8 Å². The molecule has 1 fully saturated rings. The molecule has 0 aromatic carbocycles. The van der Waals surface area contributed by atoms with Gasteiger partial charge in [0.05, 0.1) is 6.61 Å². The Kier molecular flexibility index (Phi) is 42.3. The van der Waals surface area contributed by atoms with Crippen molar-refractivity contribution in [3.8, 4) is 0 Å². The van der Waals surface area contributed by atoms with Crippen molar-refractivity contribution >= 4 is 23.9 Å². The Morgan fingerprint density at radius 3 is 1.39 bits per heavy atom. The Bertz CT molecular complexity index is 1390. The van der Waals surface area contributed by atoms with Gasteiger partial charge in [-0.1, -0.05) is 211 Å². The van der Waals surface area contributed by atoms with Crippen molar-refractivity contribution in [3.63, 3.8) is 0 Å². The molecule has 6 unspecified atom stereocenters. The van der Waals surface area contributed by atoms with Crippen molar-refractivity contribution in [2.75, 3.05) is 13.2 Å². The molecule has 0 spiro atoms. The molecule has 12 nitrogen and oxygen atoms in total. The second-order valence-corrected chi connectivity index (χ2v) is 18.9. The zero-order valence-electron chi connectivity index (χ0n) is 43.6. The van der Waals surface area contributed by atoms with Crippen LogP contribution in [0.4, 0.5) is 0 Å². The first-order chi connectivity index (χ1) is 33.6. The summed E-state index contributed by atoms with van der Waals surface area (Å²) < 4.78 is 28.3. The van der Waals surface area contributed by atoms with Crippen molar-refractivity contribution in [1.82, 2.24) is 0 Å². The van der Waals surface area contributed by atoms with Gasteiger partial charge in [-0.2, -0.15) is 0 Å². The molecule has 1 saturated heterocycles. The molecule has 1 heterocycles. The fourth-order valence-corrected chi connectivity index (χ4v) is 8.18. The molecular weight excluding hydrogens is 877 g/mol. The Labute approximate surface area is 418 Å². The number of esters is 3. The van der Waals surface area contributed by atoms with Gasteiger partial charge >= 0.3 is 23.9 Å². The van der Waals surface area contributed by atoms with Crippen LogP contribution in [-0.4, -0.2) is 89.2 Å². The van der Waals surface area contributed by atoms with E-state index in [9.17, 15) is 34.5 Å². The number of carbonyl (C=O) groups excluding carboxylic acids is 3. The highest BCUT2D eigenvalue weighted by Crippen LogP contribution is 2.26. The summed E-state index contributed by atoms with van der Waals surface area (Å²) in [7, 11) is 0. The number of hydrogen-bond donors (Lipinski definition) is 3. The monoisotopic (exact) mass is 975 g/mol. The van der Waals surface area contributed by atoms with Crippen LogP contribution in [0.2, 0.25) is 0 Å². The predicted octanol–water partition coefficient (Wildman–Crippen LogP) is 13.4. The Hall–Kier alpha value is -3.32. The van der Waals surface area contributed by atoms with Crippen LogP contribution < -0.4 is 0 Å². The van der Waals surface area contributed by atoms with Crippen LogP contribution >= 0.6 is 0 Å². The van der Waals surface area contributed by atoms with Gasteiger partial charge in [-0.15, -0.1) is 0 Å². The van der Waals surface area contributed by atoms with Crippen LogP contribution in [-0.2, 0) is 42.9 Å². The third-order valence-electron chi connectivity index (χ3n) is 12.4. The highest BCUT2D eigenvalue weighted by atomic mass is 16.7. The predicted molar refractivity (Wildman–Crippen MR) is 276 cm³/mol. The SMILES string of the molecule is CC/C=C\C/C=C\C/C=C\C/C=C\CCCCCCCCC(=O)OC1C(OCC(COC(=O)CCCCCCCCCCCCC)OC(=O)CCCCCCCCCCC)OC(C(=O)O)C(O)C1O. The minimum Gasteiger partial charge on any atom is -0.479 e. The Morgan fingerprint density at radius 1 is 0.493 bits per heavy atom. The number of carboxylic acids is 1. The van der Waals surface area contributed by atoms with Gasteiger partial charge in [0.25, 0.3) is 0 Å². The Balaban J connectivity index is 2.66. The standard InChI is InChI=1S/C57H98O12/c1-4-7-10-13-16-19-21-22-23-24-25-26-27-28-30-33-36-39-42-45-51(60)68-55-53(62)52(61)54(56(63)64)69-57(55)66-47-48(67-50(59)44-41-38-35-31-18-15-12-9-6-3)46-65-49(58)43-40-37-34-32-29-20-17-14-11-8-5-2/h7,10,16,19,22-23,25-26,48,52-55,57,61-62H,4-6,8-9,11-15,17-18,20-21,24,27-47H2,1-3H3,(H,63,64)/b10-7-,19-16-,23-22-,26-25-. The summed E-state index contributed by atoms with van der Waals surface area (Å²) in [6.45, 7) is 5.83. The van der Waals surface area contributed by atoms with Crippen molar-refractivity contribution in [2.24, 2.45) is 0 Å². The van der Waals surface area contributed by atoms with Crippen LogP contribution in [0.3, 0.4) is 0 Å². The minimum absolute atomic E-state index is 0.0461. The van der Waals surface area contributed by atoms with E-state index < -0.39 is 67.3 Å². The summed E-state index contributed by atoms with van der Waals surface area (Å²) in [5.74, 6) is -3.13. The van der Waals surface area contributed by atoms with Gasteiger partial charge in [0.15, 0.2) is 24.6 Å². The summed E-state index contributed by atoms with van der Waals surface area (Å²) in [4.78, 5) is 50.8. The van der Waals surface area contributed by atoms with Crippen molar-refractivity contribution in [1.29, 1.82) is 0 Å². The van der Waals surface area contributed by atoms with E-state index in [1.54, 1.807) is 0 Å². The van der Waals surface area contributed by atoms with E-state index in [1.165, 1.54) is 77.0 Å². The van der Waals surface area contributed by atoms with Gasteiger partial charge in [-0.3, -0.25) is 14.4 Å². The second-order valence-electron chi connectivity index (χ2n) is 18.9. The first-order valence-electron chi connectivity index (χ1n) is 27.6. The summed E-state index contributed by atoms with van der Waals surface area (Å²) >= 11 is 0. The molecule has 0 aromatic heterocycles. The third-order valence-corrected chi connectivity index (χ3v) is 12.4. The molecule has 1 rings (SSSR count). The summed E-state index contributed by atoms with van der Waals surface area (Å²) in [5.41, 5.74) is 0. The van der Waals surface area contributed by atoms with E-state index in [-0.39, 0.29) is 25.9 Å². The number of rotatable bonds is 46. The maximum Gasteiger partial charge on any atom is 0.335 e. The number of aliphatic hydroxyl groups is 2. The van der Waals surface area contributed by atoms with Gasteiger partial charge in [0.2, 0.25) is 0 Å². The maximum atomic E-state index is 13.0. The molecule has 3 N–H and O–H groups in total. The zero-order valence-corrected chi connectivity index (χ0v) is 43.6. The first kappa shape index (κ1) is 63.7. The average molecular weight is 975 g/mol. The summed E-state index contributed by atoms with van der Waals surface area (Å²) in [6, 6.07) is 0. The fourth-order valence-electron chi connectivity index (χ4n) is 8.18. The van der Waals surface area contributed by atoms with E-state index >= 15 is 0 Å². The lowest BCUT2D eigenvalue weighted by Gasteiger charge is -2.40. The van der Waals surface area contributed by atoms with Gasteiger partial charge in [0, 0.05) is 19.3 Å². The van der Waals surface area contributed by atoms with Crippen LogP contribution in [0.5, 0.6) is 0 Å². The van der Waals surface area contributed by atoms with E-state index in [0.717, 1.165) is 103 Å². The van der Waals surface area contributed by atoms with E-state index in [4.69, 9.17) is 23.7 Å². The van der Waals surface area contributed by atoms with Crippen LogP contribution in [0.1, 0.15) is 239 Å².